The van der Waals surface area contributed by atoms with Gasteiger partial charge in [-0.25, -0.2) is 4.98 Å². The number of nitrogens with zero attached hydrogens (tertiary/aromatic N) is 1. The number of thiophene rings is 1. The molecule has 0 radical (unpaired) electrons. The van der Waals surface area contributed by atoms with Crippen molar-refractivity contribution in [3.05, 3.63) is 27.1 Å². The zero-order chi connectivity index (χ0) is 14.9. The van der Waals surface area contributed by atoms with Gasteiger partial charge in [0.2, 0.25) is 0 Å². The number of hydrogen-bond acceptors (Lipinski definition) is 5. The summed E-state index contributed by atoms with van der Waals surface area (Å²) in [5, 5.41) is 12.3. The van der Waals surface area contributed by atoms with Gasteiger partial charge in [-0.05, 0) is 32.8 Å². The molecule has 6 nitrogen and oxygen atoms in total. The molecule has 2 aromatic heterocycles. The van der Waals surface area contributed by atoms with E-state index in [1.807, 2.05) is 13.8 Å². The summed E-state index contributed by atoms with van der Waals surface area (Å²) in [5.41, 5.74) is -0.108. The second kappa shape index (κ2) is 5.34. The minimum Gasteiger partial charge on any atom is -0.396 e. The van der Waals surface area contributed by atoms with Crippen LogP contribution in [0.5, 0.6) is 0 Å². The Kier molecular flexibility index (Phi) is 3.92. The van der Waals surface area contributed by atoms with Gasteiger partial charge in [-0.15, -0.1) is 11.3 Å². The van der Waals surface area contributed by atoms with Gasteiger partial charge in [-0.3, -0.25) is 9.59 Å². The van der Waals surface area contributed by atoms with Gasteiger partial charge >= 0.3 is 0 Å². The van der Waals surface area contributed by atoms with Crippen LogP contribution in [-0.2, 0) is 0 Å². The minimum atomic E-state index is -0.506. The van der Waals surface area contributed by atoms with E-state index in [0.717, 1.165) is 0 Å². The van der Waals surface area contributed by atoms with Crippen molar-refractivity contribution in [2.75, 3.05) is 6.61 Å². The van der Waals surface area contributed by atoms with Crippen LogP contribution in [0, 0.1) is 6.92 Å². The molecule has 2 aromatic rings. The first-order valence-electron chi connectivity index (χ1n) is 6.26. The highest BCUT2D eigenvalue weighted by atomic mass is 32.1. The van der Waals surface area contributed by atoms with E-state index in [2.05, 4.69) is 15.3 Å². The Balaban J connectivity index is 2.39. The number of H-pyrrole nitrogens is 1. The lowest BCUT2D eigenvalue weighted by Gasteiger charge is -2.25. The van der Waals surface area contributed by atoms with E-state index in [0.29, 0.717) is 27.1 Å². The first-order valence-corrected chi connectivity index (χ1v) is 7.07. The molecule has 0 spiro atoms. The van der Waals surface area contributed by atoms with Crippen molar-refractivity contribution >= 4 is 27.5 Å². The van der Waals surface area contributed by atoms with E-state index >= 15 is 0 Å². The van der Waals surface area contributed by atoms with E-state index in [1.165, 1.54) is 17.7 Å². The molecule has 2 heterocycles. The van der Waals surface area contributed by atoms with Gasteiger partial charge in [0.15, 0.2) is 0 Å². The van der Waals surface area contributed by atoms with Crippen molar-refractivity contribution in [2.45, 2.75) is 32.7 Å². The molecule has 0 aliphatic carbocycles. The number of aromatic amines is 1. The molecule has 3 N–H and O–H groups in total. The SMILES string of the molecule is Cc1c(C(=O)NC(C)(C)CCO)sc2nc[nH]c(=O)c12. The van der Waals surface area contributed by atoms with Crippen LogP contribution in [0.3, 0.4) is 0 Å². The summed E-state index contributed by atoms with van der Waals surface area (Å²) < 4.78 is 0. The van der Waals surface area contributed by atoms with Crippen LogP contribution in [0.15, 0.2) is 11.1 Å². The molecule has 0 unspecified atom stereocenters. The smallest absolute Gasteiger partial charge is 0.262 e. The number of amides is 1. The van der Waals surface area contributed by atoms with Gasteiger partial charge in [-0.2, -0.15) is 0 Å². The molecule has 20 heavy (non-hydrogen) atoms. The maximum Gasteiger partial charge on any atom is 0.262 e. The average Bonchev–Trinajstić information content (AvgIpc) is 2.67. The normalized spacial score (nSPS) is 11.8. The van der Waals surface area contributed by atoms with Crippen LogP contribution in [-0.4, -0.2) is 33.1 Å². The largest absolute Gasteiger partial charge is 0.396 e. The predicted molar refractivity (Wildman–Crippen MR) is 78.2 cm³/mol. The molecule has 0 saturated carbocycles. The lowest BCUT2D eigenvalue weighted by atomic mass is 10.0. The van der Waals surface area contributed by atoms with Crippen molar-refractivity contribution < 1.29 is 9.90 Å². The number of fused-ring (bicyclic) bond motifs is 1. The summed E-state index contributed by atoms with van der Waals surface area (Å²) in [7, 11) is 0. The van der Waals surface area contributed by atoms with Crippen LogP contribution in [0.25, 0.3) is 10.2 Å². The van der Waals surface area contributed by atoms with Gasteiger partial charge in [0.05, 0.1) is 16.6 Å². The zero-order valence-corrected chi connectivity index (χ0v) is 12.4. The van der Waals surface area contributed by atoms with Crippen LogP contribution >= 0.6 is 11.3 Å². The summed E-state index contributed by atoms with van der Waals surface area (Å²) >= 11 is 1.20. The molecule has 0 saturated heterocycles. The van der Waals surface area contributed by atoms with E-state index < -0.39 is 5.54 Å². The number of aromatic nitrogens is 2. The number of rotatable bonds is 4. The Labute approximate surface area is 119 Å². The average molecular weight is 295 g/mol. The number of carbonyl (C=O) groups is 1. The monoisotopic (exact) mass is 295 g/mol. The van der Waals surface area contributed by atoms with Crippen molar-refractivity contribution in [3.8, 4) is 0 Å². The Bertz CT molecular complexity index is 702. The number of hydrogen-bond donors (Lipinski definition) is 3. The number of carbonyl (C=O) groups excluding carboxylic acids is 1. The third-order valence-electron chi connectivity index (χ3n) is 3.13. The van der Waals surface area contributed by atoms with Crippen molar-refractivity contribution in [2.24, 2.45) is 0 Å². The molecule has 0 aromatic carbocycles. The summed E-state index contributed by atoms with van der Waals surface area (Å²) in [6.07, 6.45) is 1.79. The topological polar surface area (TPSA) is 95.1 Å². The second-order valence-electron chi connectivity index (χ2n) is 5.28. The van der Waals surface area contributed by atoms with Gasteiger partial charge in [0.1, 0.15) is 4.83 Å². The number of aryl methyl sites for hydroxylation is 1. The first kappa shape index (κ1) is 14.7. The standard InChI is InChI=1S/C13H17N3O3S/c1-7-8-10(18)14-6-15-12(8)20-9(7)11(19)16-13(2,3)4-5-17/h6,17H,4-5H2,1-3H3,(H,16,19)(H,14,15,18). The van der Waals surface area contributed by atoms with Gasteiger partial charge < -0.3 is 15.4 Å². The van der Waals surface area contributed by atoms with Crippen molar-refractivity contribution in [3.63, 3.8) is 0 Å². The quantitative estimate of drug-likeness (QED) is 0.789. The summed E-state index contributed by atoms with van der Waals surface area (Å²) in [5.74, 6) is -0.247. The Morgan fingerprint density at radius 1 is 1.55 bits per heavy atom. The highest BCUT2D eigenvalue weighted by Gasteiger charge is 2.24. The third kappa shape index (κ3) is 2.73. The first-order chi connectivity index (χ1) is 9.35. The fourth-order valence-electron chi connectivity index (χ4n) is 2.00. The highest BCUT2D eigenvalue weighted by Crippen LogP contribution is 2.27. The molecule has 0 aliphatic heterocycles. The van der Waals surface area contributed by atoms with Crippen LogP contribution in [0.2, 0.25) is 0 Å². The lowest BCUT2D eigenvalue weighted by Crippen LogP contribution is -2.43. The Morgan fingerprint density at radius 2 is 2.25 bits per heavy atom. The molecule has 0 aliphatic rings. The highest BCUT2D eigenvalue weighted by molar-refractivity contribution is 7.20. The van der Waals surface area contributed by atoms with Gasteiger partial charge in [0, 0.05) is 12.1 Å². The van der Waals surface area contributed by atoms with E-state index in [4.69, 9.17) is 5.11 Å². The third-order valence-corrected chi connectivity index (χ3v) is 4.33. The van der Waals surface area contributed by atoms with E-state index in [1.54, 1.807) is 6.92 Å². The Morgan fingerprint density at radius 3 is 2.85 bits per heavy atom. The summed E-state index contributed by atoms with van der Waals surface area (Å²) in [6.45, 7) is 5.42. The maximum atomic E-state index is 12.3. The van der Waals surface area contributed by atoms with Crippen LogP contribution < -0.4 is 10.9 Å². The van der Waals surface area contributed by atoms with Gasteiger partial charge in [0.25, 0.3) is 11.5 Å². The number of aliphatic hydroxyl groups excluding tert-OH is 1. The second-order valence-corrected chi connectivity index (χ2v) is 6.28. The van der Waals surface area contributed by atoms with Gasteiger partial charge in [-0.1, -0.05) is 0 Å². The summed E-state index contributed by atoms with van der Waals surface area (Å²) in [6, 6.07) is 0. The van der Waals surface area contributed by atoms with E-state index in [-0.39, 0.29) is 18.1 Å². The van der Waals surface area contributed by atoms with Crippen LogP contribution in [0.4, 0.5) is 0 Å². The predicted octanol–water partition coefficient (Wildman–Crippen LogP) is 1.18. The molecular weight excluding hydrogens is 278 g/mol. The zero-order valence-electron chi connectivity index (χ0n) is 11.6. The Hall–Kier alpha value is -1.73. The van der Waals surface area contributed by atoms with E-state index in [9.17, 15) is 9.59 Å². The molecule has 2 rings (SSSR count). The lowest BCUT2D eigenvalue weighted by molar-refractivity contribution is 0.0903. The molecule has 0 fully saturated rings. The maximum absolute atomic E-state index is 12.3. The fraction of sp³-hybridized carbons (Fsp3) is 0.462. The molecule has 7 heteroatoms. The molecule has 108 valence electrons. The number of aliphatic hydroxyl groups is 1. The molecule has 1 amide bonds. The minimum absolute atomic E-state index is 0.0000973. The molecule has 0 bridgehead atoms. The van der Waals surface area contributed by atoms with Crippen molar-refractivity contribution in [1.29, 1.82) is 0 Å². The molecule has 0 atom stereocenters. The fourth-order valence-corrected chi connectivity index (χ4v) is 3.05. The number of nitrogens with one attached hydrogen (secondary N) is 2. The van der Waals surface area contributed by atoms with Crippen LogP contribution in [0.1, 0.15) is 35.5 Å². The summed E-state index contributed by atoms with van der Waals surface area (Å²) in [4.78, 5) is 31.7. The van der Waals surface area contributed by atoms with Crippen molar-refractivity contribution in [1.82, 2.24) is 15.3 Å². The molecular formula is C13H17N3O3S.